The van der Waals surface area contributed by atoms with Crippen molar-refractivity contribution in [3.8, 4) is 5.69 Å². The maximum Gasteiger partial charge on any atom is 0.333 e. The molecule has 0 saturated heterocycles. The Hall–Kier alpha value is -3.16. The first-order valence-electron chi connectivity index (χ1n) is 7.06. The Morgan fingerprint density at radius 3 is 2.83 bits per heavy atom. The highest BCUT2D eigenvalue weighted by Gasteiger charge is 2.23. The zero-order valence-corrected chi connectivity index (χ0v) is 12.8. The smallest absolute Gasteiger partial charge is 0.333 e. The Morgan fingerprint density at radius 1 is 1.35 bits per heavy atom. The molecule has 1 N–H and O–H groups in total. The van der Waals surface area contributed by atoms with E-state index in [1.807, 2.05) is 35.0 Å². The summed E-state index contributed by atoms with van der Waals surface area (Å²) in [6.45, 7) is 2.07. The third kappa shape index (κ3) is 2.78. The summed E-state index contributed by atoms with van der Waals surface area (Å²) in [5.74, 6) is 0.396. The summed E-state index contributed by atoms with van der Waals surface area (Å²) in [7, 11) is 1.68. The lowest BCUT2D eigenvalue weighted by Crippen LogP contribution is -2.08. The second kappa shape index (κ2) is 5.91. The van der Waals surface area contributed by atoms with Crippen molar-refractivity contribution in [1.29, 1.82) is 0 Å². The topological polar surface area (TPSA) is 90.8 Å². The summed E-state index contributed by atoms with van der Waals surface area (Å²) in [5.41, 5.74) is 2.37. The number of rotatable bonds is 5. The molecule has 0 bridgehead atoms. The first-order chi connectivity index (χ1) is 11.1. The highest BCUT2D eigenvalue weighted by molar-refractivity contribution is 5.60. The zero-order chi connectivity index (χ0) is 16.4. The molecule has 8 nitrogen and oxygen atoms in total. The largest absolute Gasteiger partial charge is 0.360 e. The molecule has 0 aliphatic heterocycles. The van der Waals surface area contributed by atoms with Crippen LogP contribution in [0.5, 0.6) is 0 Å². The normalized spacial score (nSPS) is 10.7. The number of anilines is 1. The van der Waals surface area contributed by atoms with E-state index in [2.05, 4.69) is 15.4 Å². The van der Waals surface area contributed by atoms with Gasteiger partial charge < -0.3 is 9.88 Å². The molecule has 0 spiro atoms. The highest BCUT2D eigenvalue weighted by Crippen LogP contribution is 2.28. The predicted octanol–water partition coefficient (Wildman–Crippen LogP) is 2.43. The van der Waals surface area contributed by atoms with Gasteiger partial charge in [-0.1, -0.05) is 18.2 Å². The number of hydrogen-bond donors (Lipinski definition) is 1. The summed E-state index contributed by atoms with van der Waals surface area (Å²) in [6, 6.07) is 7.81. The van der Waals surface area contributed by atoms with Crippen molar-refractivity contribution in [1.82, 2.24) is 19.3 Å². The molecule has 8 heteroatoms. The number of aromatic nitrogens is 4. The molecule has 2 heterocycles. The van der Waals surface area contributed by atoms with Gasteiger partial charge in [-0.15, -0.1) is 0 Å². The van der Waals surface area contributed by atoms with E-state index in [0.29, 0.717) is 18.1 Å². The van der Waals surface area contributed by atoms with E-state index >= 15 is 0 Å². The number of nitro groups is 1. The van der Waals surface area contributed by atoms with Crippen molar-refractivity contribution in [2.75, 3.05) is 5.32 Å². The van der Waals surface area contributed by atoms with Gasteiger partial charge in [-0.25, -0.2) is 9.67 Å². The SMILES string of the molecule is Cc1nn(C)c(NCc2ccccc2-n2ccnc2)c1[N+](=O)[O-]. The van der Waals surface area contributed by atoms with E-state index in [9.17, 15) is 10.1 Å². The average molecular weight is 312 g/mol. The van der Waals surface area contributed by atoms with E-state index in [1.54, 1.807) is 26.5 Å². The van der Waals surface area contributed by atoms with Crippen molar-refractivity contribution < 1.29 is 4.92 Å². The molecule has 0 aliphatic carbocycles. The molecule has 23 heavy (non-hydrogen) atoms. The number of benzene rings is 1. The van der Waals surface area contributed by atoms with Crippen LogP contribution >= 0.6 is 0 Å². The summed E-state index contributed by atoms with van der Waals surface area (Å²) >= 11 is 0. The maximum atomic E-state index is 11.2. The average Bonchev–Trinajstić information content (AvgIpc) is 3.13. The molecule has 0 radical (unpaired) electrons. The van der Waals surface area contributed by atoms with Crippen LogP contribution in [0.2, 0.25) is 0 Å². The third-order valence-electron chi connectivity index (χ3n) is 3.59. The van der Waals surface area contributed by atoms with Gasteiger partial charge in [-0.05, 0) is 18.6 Å². The van der Waals surface area contributed by atoms with Crippen molar-refractivity contribution in [3.05, 3.63) is 64.4 Å². The van der Waals surface area contributed by atoms with Gasteiger partial charge in [0.2, 0.25) is 5.82 Å². The lowest BCUT2D eigenvalue weighted by molar-refractivity contribution is -0.384. The lowest BCUT2D eigenvalue weighted by atomic mass is 10.1. The van der Waals surface area contributed by atoms with Gasteiger partial charge >= 0.3 is 5.69 Å². The molecular formula is C15H16N6O2. The summed E-state index contributed by atoms with van der Waals surface area (Å²) < 4.78 is 3.40. The number of para-hydroxylation sites is 1. The van der Waals surface area contributed by atoms with Crippen molar-refractivity contribution in [2.45, 2.75) is 13.5 Å². The zero-order valence-electron chi connectivity index (χ0n) is 12.8. The van der Waals surface area contributed by atoms with Gasteiger partial charge in [0.1, 0.15) is 5.69 Å². The fourth-order valence-electron chi connectivity index (χ4n) is 2.56. The van der Waals surface area contributed by atoms with Gasteiger partial charge in [0, 0.05) is 26.0 Å². The van der Waals surface area contributed by atoms with Crippen LogP contribution in [-0.2, 0) is 13.6 Å². The van der Waals surface area contributed by atoms with Crippen molar-refractivity contribution in [3.63, 3.8) is 0 Å². The number of nitrogens with zero attached hydrogens (tertiary/aromatic N) is 5. The van der Waals surface area contributed by atoms with Gasteiger partial charge in [-0.2, -0.15) is 5.10 Å². The van der Waals surface area contributed by atoms with Crippen LogP contribution < -0.4 is 5.32 Å². The van der Waals surface area contributed by atoms with Crippen LogP contribution in [0.4, 0.5) is 11.5 Å². The first kappa shape index (κ1) is 14.8. The predicted molar refractivity (Wildman–Crippen MR) is 85.5 cm³/mol. The minimum Gasteiger partial charge on any atom is -0.360 e. The monoisotopic (exact) mass is 312 g/mol. The van der Waals surface area contributed by atoms with Crippen LogP contribution in [0.15, 0.2) is 43.0 Å². The standard InChI is InChI=1S/C15H16N6O2/c1-11-14(21(22)23)15(19(2)18-11)17-9-12-5-3-4-6-13(12)20-8-7-16-10-20/h3-8,10,17H,9H2,1-2H3. The number of imidazole rings is 1. The van der Waals surface area contributed by atoms with E-state index < -0.39 is 4.92 Å². The number of aryl methyl sites for hydroxylation is 2. The fourth-order valence-corrected chi connectivity index (χ4v) is 2.56. The van der Waals surface area contributed by atoms with Crippen LogP contribution in [-0.4, -0.2) is 24.3 Å². The minimum atomic E-state index is -0.410. The van der Waals surface area contributed by atoms with Crippen molar-refractivity contribution in [2.24, 2.45) is 7.05 Å². The number of nitrogens with one attached hydrogen (secondary N) is 1. The molecule has 2 aromatic heterocycles. The quantitative estimate of drug-likeness (QED) is 0.577. The molecule has 0 unspecified atom stereocenters. The van der Waals surface area contributed by atoms with Gasteiger partial charge in [0.15, 0.2) is 0 Å². The van der Waals surface area contributed by atoms with Crippen LogP contribution in [0.25, 0.3) is 5.69 Å². The van der Waals surface area contributed by atoms with Crippen molar-refractivity contribution >= 4 is 11.5 Å². The fraction of sp³-hybridized carbons (Fsp3) is 0.200. The van der Waals surface area contributed by atoms with E-state index in [0.717, 1.165) is 11.3 Å². The Labute approximate surface area is 132 Å². The van der Waals surface area contributed by atoms with Gasteiger partial charge in [0.05, 0.1) is 16.9 Å². The molecule has 0 atom stereocenters. The highest BCUT2D eigenvalue weighted by atomic mass is 16.6. The Kier molecular flexibility index (Phi) is 3.80. The molecule has 0 aliphatic rings. The Morgan fingerprint density at radius 2 is 2.13 bits per heavy atom. The molecule has 1 aromatic carbocycles. The third-order valence-corrected chi connectivity index (χ3v) is 3.59. The first-order valence-corrected chi connectivity index (χ1v) is 7.06. The molecular weight excluding hydrogens is 296 g/mol. The molecule has 0 fully saturated rings. The molecule has 3 rings (SSSR count). The Balaban J connectivity index is 1.90. The second-order valence-corrected chi connectivity index (χ2v) is 5.12. The molecule has 3 aromatic rings. The van der Waals surface area contributed by atoms with E-state index in [1.165, 1.54) is 4.68 Å². The minimum absolute atomic E-state index is 0.00705. The van der Waals surface area contributed by atoms with Gasteiger partial charge in [-0.3, -0.25) is 10.1 Å². The Bertz CT molecular complexity index is 838. The lowest BCUT2D eigenvalue weighted by Gasteiger charge is -2.11. The summed E-state index contributed by atoms with van der Waals surface area (Å²) in [4.78, 5) is 14.9. The molecule has 0 saturated carbocycles. The maximum absolute atomic E-state index is 11.2. The summed E-state index contributed by atoms with van der Waals surface area (Å²) in [6.07, 6.45) is 5.28. The summed E-state index contributed by atoms with van der Waals surface area (Å²) in [5, 5.41) is 18.5. The second-order valence-electron chi connectivity index (χ2n) is 5.12. The van der Waals surface area contributed by atoms with Gasteiger partial charge in [0.25, 0.3) is 0 Å². The molecule has 118 valence electrons. The van der Waals surface area contributed by atoms with E-state index in [4.69, 9.17) is 0 Å². The van der Waals surface area contributed by atoms with E-state index in [-0.39, 0.29) is 5.69 Å². The van der Waals surface area contributed by atoms with Crippen LogP contribution in [0, 0.1) is 17.0 Å². The number of hydrogen-bond acceptors (Lipinski definition) is 5. The van der Waals surface area contributed by atoms with Crippen LogP contribution in [0.1, 0.15) is 11.3 Å². The molecule has 0 amide bonds. The van der Waals surface area contributed by atoms with Crippen LogP contribution in [0.3, 0.4) is 0 Å².